The van der Waals surface area contributed by atoms with Crippen molar-refractivity contribution in [2.24, 2.45) is 7.05 Å². The van der Waals surface area contributed by atoms with Gasteiger partial charge in [-0.15, -0.1) is 0 Å². The molecule has 5 nitrogen and oxygen atoms in total. The van der Waals surface area contributed by atoms with Crippen molar-refractivity contribution >= 4 is 17.5 Å². The van der Waals surface area contributed by atoms with Crippen LogP contribution in [0.1, 0.15) is 34.6 Å². The molecular weight excluding hydrogens is 350 g/mol. The van der Waals surface area contributed by atoms with E-state index in [4.69, 9.17) is 11.6 Å². The first kappa shape index (κ1) is 18.7. The number of pyridine rings is 1. The minimum absolute atomic E-state index is 0.126. The molecule has 1 fully saturated rings. The van der Waals surface area contributed by atoms with E-state index in [-0.39, 0.29) is 17.4 Å². The van der Waals surface area contributed by atoms with Gasteiger partial charge in [-0.1, -0.05) is 29.8 Å². The van der Waals surface area contributed by atoms with Crippen LogP contribution in [0.2, 0.25) is 5.02 Å². The normalized spacial score (nSPS) is 15.8. The van der Waals surface area contributed by atoms with E-state index in [2.05, 4.69) is 16.3 Å². The first-order valence-electron chi connectivity index (χ1n) is 8.88. The minimum Gasteiger partial charge on any atom is -0.348 e. The van der Waals surface area contributed by atoms with Gasteiger partial charge in [0.1, 0.15) is 5.69 Å². The van der Waals surface area contributed by atoms with E-state index in [1.54, 1.807) is 11.6 Å². The molecule has 138 valence electrons. The summed E-state index contributed by atoms with van der Waals surface area (Å²) in [6.07, 6.45) is 1.77. The topological polar surface area (TPSA) is 54.3 Å². The van der Waals surface area contributed by atoms with Crippen LogP contribution in [0.3, 0.4) is 0 Å². The number of amides is 1. The predicted octanol–water partition coefficient (Wildman–Crippen LogP) is 2.74. The summed E-state index contributed by atoms with van der Waals surface area (Å²) in [4.78, 5) is 26.6. The summed E-state index contributed by atoms with van der Waals surface area (Å²) >= 11 is 6.24. The fourth-order valence-electron chi connectivity index (χ4n) is 3.35. The van der Waals surface area contributed by atoms with Crippen molar-refractivity contribution in [1.29, 1.82) is 0 Å². The molecule has 3 rings (SSSR count). The Kier molecular flexibility index (Phi) is 5.79. The Balaban J connectivity index is 1.57. The Morgan fingerprint density at radius 1 is 1.23 bits per heavy atom. The molecule has 0 saturated carbocycles. The summed E-state index contributed by atoms with van der Waals surface area (Å²) in [6.45, 7) is 4.46. The molecule has 1 amide bonds. The van der Waals surface area contributed by atoms with Crippen molar-refractivity contribution in [2.45, 2.75) is 32.4 Å². The fraction of sp³-hybridized carbons (Fsp3) is 0.400. The molecule has 2 heterocycles. The highest BCUT2D eigenvalue weighted by Gasteiger charge is 2.22. The molecule has 1 aromatic carbocycles. The van der Waals surface area contributed by atoms with Gasteiger partial charge in [-0.05, 0) is 31.4 Å². The van der Waals surface area contributed by atoms with Crippen LogP contribution in [0.25, 0.3) is 0 Å². The van der Waals surface area contributed by atoms with Gasteiger partial charge in [-0.25, -0.2) is 0 Å². The number of likely N-dealkylation sites (tertiary alicyclic amines) is 1. The first-order valence-corrected chi connectivity index (χ1v) is 9.26. The lowest BCUT2D eigenvalue weighted by atomic mass is 10.0. The quantitative estimate of drug-likeness (QED) is 0.896. The molecule has 1 aromatic heterocycles. The van der Waals surface area contributed by atoms with Crippen molar-refractivity contribution < 1.29 is 4.79 Å². The molecule has 0 bridgehead atoms. The van der Waals surface area contributed by atoms with Crippen molar-refractivity contribution in [3.8, 4) is 0 Å². The van der Waals surface area contributed by atoms with Gasteiger partial charge in [0.05, 0.1) is 0 Å². The lowest BCUT2D eigenvalue weighted by Gasteiger charge is -2.32. The fourth-order valence-corrected chi connectivity index (χ4v) is 3.54. The van der Waals surface area contributed by atoms with Crippen LogP contribution in [0.4, 0.5) is 0 Å². The van der Waals surface area contributed by atoms with Gasteiger partial charge in [0.2, 0.25) is 0 Å². The van der Waals surface area contributed by atoms with Gasteiger partial charge >= 0.3 is 0 Å². The highest BCUT2D eigenvalue weighted by atomic mass is 35.5. The summed E-state index contributed by atoms with van der Waals surface area (Å²) in [5, 5.41) is 3.87. The van der Waals surface area contributed by atoms with Crippen molar-refractivity contribution in [3.63, 3.8) is 0 Å². The lowest BCUT2D eigenvalue weighted by Crippen LogP contribution is -2.45. The predicted molar refractivity (Wildman–Crippen MR) is 104 cm³/mol. The van der Waals surface area contributed by atoms with Crippen LogP contribution in [0, 0.1) is 6.92 Å². The minimum atomic E-state index is -0.183. The maximum absolute atomic E-state index is 12.6. The maximum atomic E-state index is 12.6. The second-order valence-corrected chi connectivity index (χ2v) is 7.30. The molecule has 1 aliphatic heterocycles. The summed E-state index contributed by atoms with van der Waals surface area (Å²) in [7, 11) is 1.80. The third-order valence-electron chi connectivity index (χ3n) is 5.03. The molecule has 26 heavy (non-hydrogen) atoms. The summed E-state index contributed by atoms with van der Waals surface area (Å²) in [5.41, 5.74) is 2.18. The zero-order valence-corrected chi connectivity index (χ0v) is 15.9. The number of carbonyl (C=O) groups excluding carboxylic acids is 1. The molecule has 0 unspecified atom stereocenters. The third kappa shape index (κ3) is 4.34. The van der Waals surface area contributed by atoms with E-state index < -0.39 is 0 Å². The van der Waals surface area contributed by atoms with Gasteiger partial charge in [0.25, 0.3) is 5.91 Å². The van der Waals surface area contributed by atoms with Gasteiger partial charge < -0.3 is 9.88 Å². The zero-order chi connectivity index (χ0) is 18.7. The molecule has 1 saturated heterocycles. The molecule has 0 radical (unpaired) electrons. The van der Waals surface area contributed by atoms with Crippen molar-refractivity contribution in [2.75, 3.05) is 13.1 Å². The second kappa shape index (κ2) is 8.06. The van der Waals surface area contributed by atoms with Crippen LogP contribution in [-0.4, -0.2) is 34.5 Å². The molecule has 6 heteroatoms. The van der Waals surface area contributed by atoms with Gasteiger partial charge in [-0.3, -0.25) is 14.5 Å². The Morgan fingerprint density at radius 2 is 1.92 bits per heavy atom. The maximum Gasteiger partial charge on any atom is 0.268 e. The van der Waals surface area contributed by atoms with E-state index in [1.165, 1.54) is 12.1 Å². The first-order chi connectivity index (χ1) is 12.4. The lowest BCUT2D eigenvalue weighted by molar-refractivity contribution is 0.0899. The average Bonchev–Trinajstić information content (AvgIpc) is 2.61. The standard InChI is InChI=1S/C20H24ClN3O2/c1-14-11-17(25)12-19(23(14)2)20(26)22-16-7-9-24(10-8-16)13-15-5-3-4-6-18(15)21/h3-6,11-12,16H,7-10,13H2,1-2H3,(H,22,26). The number of nitrogens with one attached hydrogen (secondary N) is 1. The Labute approximate surface area is 158 Å². The molecule has 0 aliphatic carbocycles. The largest absolute Gasteiger partial charge is 0.348 e. The molecule has 1 N–H and O–H groups in total. The summed E-state index contributed by atoms with van der Waals surface area (Å²) in [6, 6.07) is 11.0. The van der Waals surface area contributed by atoms with E-state index in [0.717, 1.165) is 48.8 Å². The molecule has 0 atom stereocenters. The number of rotatable bonds is 4. The number of aromatic nitrogens is 1. The highest BCUT2D eigenvalue weighted by molar-refractivity contribution is 6.31. The van der Waals surface area contributed by atoms with Crippen LogP contribution in [0.5, 0.6) is 0 Å². The second-order valence-electron chi connectivity index (χ2n) is 6.89. The zero-order valence-electron chi connectivity index (χ0n) is 15.2. The SMILES string of the molecule is Cc1cc(=O)cc(C(=O)NC2CCN(Cc3ccccc3Cl)CC2)n1C. The molecule has 0 spiro atoms. The monoisotopic (exact) mass is 373 g/mol. The highest BCUT2D eigenvalue weighted by Crippen LogP contribution is 2.20. The molecular formula is C20H24ClN3O2. The van der Waals surface area contributed by atoms with Gasteiger partial charge in [0.15, 0.2) is 5.43 Å². The van der Waals surface area contributed by atoms with Crippen molar-refractivity contribution in [3.05, 3.63) is 68.6 Å². The smallest absolute Gasteiger partial charge is 0.268 e. The third-order valence-corrected chi connectivity index (χ3v) is 5.40. The number of aryl methyl sites for hydroxylation is 1. The average molecular weight is 374 g/mol. The van der Waals surface area contributed by atoms with E-state index in [9.17, 15) is 9.59 Å². The Hall–Kier alpha value is -2.11. The van der Waals surface area contributed by atoms with E-state index >= 15 is 0 Å². The number of benzene rings is 1. The van der Waals surface area contributed by atoms with Crippen LogP contribution in [0.15, 0.2) is 41.2 Å². The van der Waals surface area contributed by atoms with E-state index in [0.29, 0.717) is 5.69 Å². The van der Waals surface area contributed by atoms with Gasteiger partial charge in [-0.2, -0.15) is 0 Å². The molecule has 2 aromatic rings. The van der Waals surface area contributed by atoms with Crippen LogP contribution in [-0.2, 0) is 13.6 Å². The number of piperidine rings is 1. The summed E-state index contributed by atoms with van der Waals surface area (Å²) < 4.78 is 1.75. The number of halogens is 1. The Morgan fingerprint density at radius 3 is 2.62 bits per heavy atom. The van der Waals surface area contributed by atoms with Crippen LogP contribution < -0.4 is 10.7 Å². The summed E-state index contributed by atoms with van der Waals surface area (Å²) in [5.74, 6) is -0.183. The number of carbonyl (C=O) groups is 1. The number of hydrogen-bond acceptors (Lipinski definition) is 3. The Bertz CT molecular complexity index is 854. The van der Waals surface area contributed by atoms with Crippen molar-refractivity contribution in [1.82, 2.24) is 14.8 Å². The van der Waals surface area contributed by atoms with E-state index in [1.807, 2.05) is 25.1 Å². The van der Waals surface area contributed by atoms with Crippen LogP contribution >= 0.6 is 11.6 Å². The van der Waals surface area contributed by atoms with Gasteiger partial charge in [0, 0.05) is 55.6 Å². The molecule has 1 aliphatic rings. The number of hydrogen-bond donors (Lipinski definition) is 1. The number of nitrogens with zero attached hydrogens (tertiary/aromatic N) is 2.